The maximum absolute atomic E-state index is 10.2. The van der Waals surface area contributed by atoms with E-state index < -0.39 is 0 Å². The van der Waals surface area contributed by atoms with Crippen LogP contribution in [0.3, 0.4) is 0 Å². The number of aliphatic imine (C=N–C) groups is 2. The van der Waals surface area contributed by atoms with E-state index in [2.05, 4.69) is 9.98 Å². The molecule has 0 heterocycles. The molecular weight excluding hydrogens is 312 g/mol. The highest BCUT2D eigenvalue weighted by Crippen LogP contribution is 2.24. The standard InChI is InChI=1S/C21H26N2O2/c1-5-16-7-14(3)9-18(20(16)24)11-22-13-23-12-19-10-15(4)8-17(6-2)21(19)25/h7-12,24-25H,5-6,13H2,1-4H3. The molecule has 0 aliphatic carbocycles. The minimum Gasteiger partial charge on any atom is -0.507 e. The lowest BCUT2D eigenvalue weighted by molar-refractivity contribution is 0.467. The first kappa shape index (κ1) is 18.7. The predicted molar refractivity (Wildman–Crippen MR) is 104 cm³/mol. The predicted octanol–water partition coefficient (Wildman–Crippen LogP) is 4.33. The van der Waals surface area contributed by atoms with Crippen molar-refractivity contribution in [3.63, 3.8) is 0 Å². The maximum atomic E-state index is 10.2. The molecule has 0 aliphatic heterocycles. The normalized spacial score (nSPS) is 11.7. The molecule has 0 amide bonds. The van der Waals surface area contributed by atoms with Crippen LogP contribution in [0.2, 0.25) is 0 Å². The highest BCUT2D eigenvalue weighted by molar-refractivity contribution is 5.86. The molecule has 0 aliphatic rings. The smallest absolute Gasteiger partial charge is 0.129 e. The summed E-state index contributed by atoms with van der Waals surface area (Å²) in [5, 5.41) is 20.4. The zero-order valence-electron chi connectivity index (χ0n) is 15.4. The Morgan fingerprint density at radius 3 is 1.52 bits per heavy atom. The van der Waals surface area contributed by atoms with Crippen LogP contribution >= 0.6 is 0 Å². The van der Waals surface area contributed by atoms with E-state index in [4.69, 9.17) is 0 Å². The third kappa shape index (κ3) is 4.69. The molecule has 0 unspecified atom stereocenters. The number of rotatable bonds is 6. The van der Waals surface area contributed by atoms with Crippen molar-refractivity contribution < 1.29 is 10.2 Å². The molecule has 2 aromatic rings. The van der Waals surface area contributed by atoms with Crippen molar-refractivity contribution in [3.05, 3.63) is 57.6 Å². The van der Waals surface area contributed by atoms with Gasteiger partial charge in [-0.15, -0.1) is 0 Å². The van der Waals surface area contributed by atoms with Crippen LogP contribution in [-0.2, 0) is 12.8 Å². The first-order valence-electron chi connectivity index (χ1n) is 8.60. The Bertz CT molecular complexity index is 741. The molecule has 0 spiro atoms. The molecular formula is C21H26N2O2. The van der Waals surface area contributed by atoms with Crippen LogP contribution in [0, 0.1) is 13.8 Å². The number of benzene rings is 2. The average molecular weight is 338 g/mol. The van der Waals surface area contributed by atoms with Crippen molar-refractivity contribution in [1.82, 2.24) is 0 Å². The van der Waals surface area contributed by atoms with E-state index in [0.29, 0.717) is 11.1 Å². The fraction of sp³-hybridized carbons (Fsp3) is 0.333. The highest BCUT2D eigenvalue weighted by Gasteiger charge is 2.06. The molecule has 0 bridgehead atoms. The Labute approximate surface area is 149 Å². The molecule has 0 radical (unpaired) electrons. The van der Waals surface area contributed by atoms with Crippen LogP contribution < -0.4 is 0 Å². The first-order valence-corrected chi connectivity index (χ1v) is 8.60. The summed E-state index contributed by atoms with van der Waals surface area (Å²) in [7, 11) is 0. The minimum atomic E-state index is 0.240. The molecule has 132 valence electrons. The molecule has 4 heteroatoms. The Hall–Kier alpha value is -2.62. The van der Waals surface area contributed by atoms with Gasteiger partial charge in [0.15, 0.2) is 0 Å². The fourth-order valence-electron chi connectivity index (χ4n) is 2.83. The molecule has 0 saturated heterocycles. The van der Waals surface area contributed by atoms with Gasteiger partial charge >= 0.3 is 0 Å². The molecule has 2 N–H and O–H groups in total. The first-order chi connectivity index (χ1) is 12.0. The van der Waals surface area contributed by atoms with Crippen LogP contribution in [0.25, 0.3) is 0 Å². The van der Waals surface area contributed by atoms with Crippen molar-refractivity contribution in [2.24, 2.45) is 9.98 Å². The molecule has 2 rings (SSSR count). The van der Waals surface area contributed by atoms with Crippen molar-refractivity contribution in [1.29, 1.82) is 0 Å². The van der Waals surface area contributed by atoms with E-state index in [-0.39, 0.29) is 18.2 Å². The average Bonchev–Trinajstić information content (AvgIpc) is 2.59. The zero-order valence-corrected chi connectivity index (χ0v) is 15.4. The van der Waals surface area contributed by atoms with Crippen LogP contribution in [-0.4, -0.2) is 29.3 Å². The lowest BCUT2D eigenvalue weighted by Crippen LogP contribution is -1.93. The molecule has 25 heavy (non-hydrogen) atoms. The third-order valence-corrected chi connectivity index (χ3v) is 4.11. The van der Waals surface area contributed by atoms with Crippen LogP contribution in [0.1, 0.15) is 47.2 Å². The number of aryl methyl sites for hydroxylation is 4. The second-order valence-corrected chi connectivity index (χ2v) is 6.20. The van der Waals surface area contributed by atoms with Crippen molar-refractivity contribution in [2.45, 2.75) is 40.5 Å². The van der Waals surface area contributed by atoms with Gasteiger partial charge in [0.2, 0.25) is 0 Å². The van der Waals surface area contributed by atoms with Gasteiger partial charge in [0, 0.05) is 23.6 Å². The molecule has 0 fully saturated rings. The third-order valence-electron chi connectivity index (χ3n) is 4.11. The lowest BCUT2D eigenvalue weighted by Gasteiger charge is -2.07. The van der Waals surface area contributed by atoms with Crippen molar-refractivity contribution in [3.8, 4) is 11.5 Å². The van der Waals surface area contributed by atoms with E-state index in [1.807, 2.05) is 52.0 Å². The Morgan fingerprint density at radius 2 is 1.16 bits per heavy atom. The SMILES string of the molecule is CCc1cc(C)cc(C=NCN=Cc2cc(C)cc(CC)c2O)c1O. The van der Waals surface area contributed by atoms with Gasteiger partial charge in [0.25, 0.3) is 0 Å². The maximum Gasteiger partial charge on any atom is 0.129 e. The van der Waals surface area contributed by atoms with E-state index in [1.165, 1.54) is 0 Å². The van der Waals surface area contributed by atoms with E-state index >= 15 is 0 Å². The van der Waals surface area contributed by atoms with Crippen molar-refractivity contribution >= 4 is 12.4 Å². The number of phenols is 2. The number of nitrogens with zero attached hydrogens (tertiary/aromatic N) is 2. The van der Waals surface area contributed by atoms with Gasteiger partial charge < -0.3 is 10.2 Å². The number of hydrogen-bond acceptors (Lipinski definition) is 4. The number of phenolic OH excluding ortho intramolecular Hbond substituents is 2. The highest BCUT2D eigenvalue weighted by atomic mass is 16.3. The monoisotopic (exact) mass is 338 g/mol. The second-order valence-electron chi connectivity index (χ2n) is 6.20. The van der Waals surface area contributed by atoms with Gasteiger partial charge in [0.1, 0.15) is 18.2 Å². The lowest BCUT2D eigenvalue weighted by atomic mass is 10.0. The van der Waals surface area contributed by atoms with Crippen LogP contribution in [0.4, 0.5) is 0 Å². The molecule has 0 aromatic heterocycles. The Morgan fingerprint density at radius 1 is 0.760 bits per heavy atom. The van der Waals surface area contributed by atoms with Gasteiger partial charge in [-0.2, -0.15) is 0 Å². The van der Waals surface area contributed by atoms with Gasteiger partial charge in [-0.1, -0.05) is 26.0 Å². The molecule has 4 nitrogen and oxygen atoms in total. The van der Waals surface area contributed by atoms with E-state index in [9.17, 15) is 10.2 Å². The topological polar surface area (TPSA) is 65.2 Å². The van der Waals surface area contributed by atoms with Gasteiger partial charge in [-0.3, -0.25) is 9.98 Å². The Balaban J connectivity index is 2.11. The summed E-state index contributed by atoms with van der Waals surface area (Å²) in [4.78, 5) is 8.53. The van der Waals surface area contributed by atoms with Gasteiger partial charge in [-0.25, -0.2) is 0 Å². The summed E-state index contributed by atoms with van der Waals surface area (Å²) in [6.45, 7) is 8.26. The van der Waals surface area contributed by atoms with Crippen molar-refractivity contribution in [2.75, 3.05) is 6.67 Å². The summed E-state index contributed by atoms with van der Waals surface area (Å²) >= 11 is 0. The largest absolute Gasteiger partial charge is 0.507 e. The molecule has 0 saturated carbocycles. The van der Waals surface area contributed by atoms with Crippen LogP contribution in [0.15, 0.2) is 34.3 Å². The minimum absolute atomic E-state index is 0.240. The Kier molecular flexibility index (Phi) is 6.34. The summed E-state index contributed by atoms with van der Waals surface area (Å²) in [6, 6.07) is 7.77. The zero-order chi connectivity index (χ0) is 18.4. The quantitative estimate of drug-likeness (QED) is 0.770. The summed E-state index contributed by atoms with van der Waals surface area (Å²) in [5.41, 5.74) is 5.44. The van der Waals surface area contributed by atoms with Gasteiger partial charge in [-0.05, 0) is 61.1 Å². The summed E-state index contributed by atoms with van der Waals surface area (Å²) < 4.78 is 0. The van der Waals surface area contributed by atoms with E-state index in [0.717, 1.165) is 35.1 Å². The molecule has 2 aromatic carbocycles. The van der Waals surface area contributed by atoms with E-state index in [1.54, 1.807) is 12.4 Å². The number of hydrogen-bond donors (Lipinski definition) is 2. The second kappa shape index (κ2) is 8.47. The fourth-order valence-corrected chi connectivity index (χ4v) is 2.83. The summed E-state index contributed by atoms with van der Waals surface area (Å²) in [5.74, 6) is 0.564. The number of aromatic hydroxyl groups is 2. The van der Waals surface area contributed by atoms with Gasteiger partial charge in [0.05, 0.1) is 0 Å². The summed E-state index contributed by atoms with van der Waals surface area (Å²) in [6.07, 6.45) is 4.84. The molecule has 0 atom stereocenters. The van der Waals surface area contributed by atoms with Crippen LogP contribution in [0.5, 0.6) is 11.5 Å².